The van der Waals surface area contributed by atoms with Gasteiger partial charge in [-0.15, -0.1) is 0 Å². The molecule has 0 saturated carbocycles. The van der Waals surface area contributed by atoms with E-state index in [9.17, 15) is 0 Å². The molecule has 0 saturated heterocycles. The number of rotatable bonds is 5. The van der Waals surface area contributed by atoms with E-state index < -0.39 is 0 Å². The maximum atomic E-state index is 3.84. The van der Waals surface area contributed by atoms with E-state index in [0.717, 1.165) is 51.7 Å². The fourth-order valence-corrected chi connectivity index (χ4v) is 4.77. The van der Waals surface area contributed by atoms with Crippen LogP contribution in [0.1, 0.15) is 22.3 Å². The number of nitrogens with one attached hydrogen (secondary N) is 4. The molecule has 4 aromatic carbocycles. The molecule has 0 spiro atoms. The van der Waals surface area contributed by atoms with Crippen molar-refractivity contribution in [3.63, 3.8) is 0 Å². The Hall–Kier alpha value is -4.70. The third-order valence-electron chi connectivity index (χ3n) is 6.57. The zero-order valence-electron chi connectivity index (χ0n) is 19.9. The number of hydrogen-bond donors (Lipinski definition) is 4. The lowest BCUT2D eigenvalue weighted by molar-refractivity contribution is 0.596. The van der Waals surface area contributed by atoms with E-state index in [1.807, 2.05) is 12.1 Å². The van der Waals surface area contributed by atoms with Crippen LogP contribution in [0.4, 0.5) is 0 Å². The number of benzene rings is 4. The summed E-state index contributed by atoms with van der Waals surface area (Å²) in [6.45, 7) is 0.754. The molecule has 4 aromatic rings. The van der Waals surface area contributed by atoms with E-state index in [0.29, 0.717) is 0 Å². The van der Waals surface area contributed by atoms with Gasteiger partial charge in [-0.2, -0.15) is 0 Å². The Labute approximate surface area is 212 Å². The molecule has 176 valence electrons. The van der Waals surface area contributed by atoms with Crippen molar-refractivity contribution in [2.75, 3.05) is 6.54 Å². The highest BCUT2D eigenvalue weighted by Crippen LogP contribution is 2.30. The summed E-state index contributed by atoms with van der Waals surface area (Å²) in [6, 6.07) is 42.0. The van der Waals surface area contributed by atoms with Gasteiger partial charge >= 0.3 is 0 Å². The van der Waals surface area contributed by atoms with Crippen LogP contribution >= 0.6 is 0 Å². The molecule has 2 aliphatic heterocycles. The first kappa shape index (κ1) is 21.8. The molecular weight excluding hydrogens is 440 g/mol. The molecule has 0 amide bonds. The lowest BCUT2D eigenvalue weighted by Crippen LogP contribution is -2.48. The van der Waals surface area contributed by atoms with Gasteiger partial charge in [-0.3, -0.25) is 0 Å². The van der Waals surface area contributed by atoms with Crippen LogP contribution in [0.3, 0.4) is 0 Å². The van der Waals surface area contributed by atoms with Gasteiger partial charge in [-0.1, -0.05) is 121 Å². The van der Waals surface area contributed by atoms with E-state index >= 15 is 0 Å². The van der Waals surface area contributed by atoms with Gasteiger partial charge < -0.3 is 21.3 Å². The quantitative estimate of drug-likeness (QED) is 0.306. The van der Waals surface area contributed by atoms with Crippen molar-refractivity contribution < 1.29 is 0 Å². The van der Waals surface area contributed by atoms with Crippen molar-refractivity contribution in [1.29, 1.82) is 0 Å². The fourth-order valence-electron chi connectivity index (χ4n) is 4.77. The second-order valence-electron chi connectivity index (χ2n) is 8.91. The summed E-state index contributed by atoms with van der Waals surface area (Å²) < 4.78 is 0. The monoisotopic (exact) mass is 468 g/mol. The molecule has 0 aliphatic carbocycles. The number of hydrogen-bond acceptors (Lipinski definition) is 4. The first-order chi connectivity index (χ1) is 17.9. The molecule has 0 radical (unpaired) electrons. The maximum absolute atomic E-state index is 3.84. The van der Waals surface area contributed by atoms with Gasteiger partial charge in [0.25, 0.3) is 0 Å². The third-order valence-corrected chi connectivity index (χ3v) is 6.57. The van der Waals surface area contributed by atoms with Crippen LogP contribution < -0.4 is 21.3 Å². The van der Waals surface area contributed by atoms with Crippen LogP contribution in [-0.2, 0) is 0 Å². The first-order valence-corrected chi connectivity index (χ1v) is 12.3. The topological polar surface area (TPSA) is 48.1 Å². The van der Waals surface area contributed by atoms with Crippen LogP contribution in [-0.4, -0.2) is 12.6 Å². The van der Waals surface area contributed by atoms with Gasteiger partial charge in [0.2, 0.25) is 0 Å². The molecule has 1 unspecified atom stereocenters. The summed E-state index contributed by atoms with van der Waals surface area (Å²) in [6.07, 6.45) is 2.09. The largest absolute Gasteiger partial charge is 0.380 e. The molecular formula is C32H28N4. The van der Waals surface area contributed by atoms with Crippen LogP contribution in [0.15, 0.2) is 133 Å². The Bertz CT molecular complexity index is 1420. The van der Waals surface area contributed by atoms with Crippen molar-refractivity contribution >= 4 is 22.8 Å². The molecule has 2 heterocycles. The third kappa shape index (κ3) is 4.37. The van der Waals surface area contributed by atoms with E-state index in [2.05, 4.69) is 137 Å². The summed E-state index contributed by atoms with van der Waals surface area (Å²) in [4.78, 5) is 0. The van der Waals surface area contributed by atoms with Crippen molar-refractivity contribution in [2.45, 2.75) is 6.04 Å². The Kier molecular flexibility index (Phi) is 5.99. The fraction of sp³-hybridized carbons (Fsp3) is 0.0625. The molecule has 0 fully saturated rings. The molecule has 0 bridgehead atoms. The van der Waals surface area contributed by atoms with E-state index in [-0.39, 0.29) is 6.04 Å². The average Bonchev–Trinajstić information content (AvgIpc) is 2.98. The molecule has 6 rings (SSSR count). The van der Waals surface area contributed by atoms with E-state index in [1.165, 1.54) is 5.56 Å². The lowest BCUT2D eigenvalue weighted by atomic mass is 9.98. The normalized spacial score (nSPS) is 17.3. The molecule has 1 atom stereocenters. The zero-order chi connectivity index (χ0) is 24.2. The van der Waals surface area contributed by atoms with Gasteiger partial charge in [-0.05, 0) is 11.1 Å². The highest BCUT2D eigenvalue weighted by atomic mass is 15.1. The summed E-state index contributed by atoms with van der Waals surface area (Å²) >= 11 is 0. The molecule has 4 N–H and O–H groups in total. The van der Waals surface area contributed by atoms with E-state index in [1.54, 1.807) is 0 Å². The van der Waals surface area contributed by atoms with Crippen LogP contribution in [0.2, 0.25) is 0 Å². The van der Waals surface area contributed by atoms with Gasteiger partial charge in [0.1, 0.15) is 0 Å². The molecule has 4 heteroatoms. The van der Waals surface area contributed by atoms with Crippen LogP contribution in [0.25, 0.3) is 22.8 Å². The average molecular weight is 469 g/mol. The smallest absolute Gasteiger partial charge is 0.0851 e. The van der Waals surface area contributed by atoms with E-state index in [4.69, 9.17) is 0 Å². The standard InChI is InChI=1S/C32H28N4/c1-5-13-23(14-6-1)29-31(25-17-9-3-10-18-25)35-27(21-33-29)28-22-34-30(24-15-7-2-8-16-24)32(36-28)26-19-11-4-12-20-26/h1-21,28,33-36H,22H2. The highest BCUT2D eigenvalue weighted by Gasteiger charge is 2.27. The minimum atomic E-state index is 0.0520. The summed E-state index contributed by atoms with van der Waals surface area (Å²) in [7, 11) is 0. The Morgan fingerprint density at radius 3 is 1.44 bits per heavy atom. The Balaban J connectivity index is 1.35. The van der Waals surface area contributed by atoms with Gasteiger partial charge in [-0.25, -0.2) is 0 Å². The molecule has 2 aliphatic rings. The minimum Gasteiger partial charge on any atom is -0.380 e. The van der Waals surface area contributed by atoms with Crippen molar-refractivity contribution in [3.8, 4) is 0 Å². The Morgan fingerprint density at radius 1 is 0.472 bits per heavy atom. The van der Waals surface area contributed by atoms with Crippen LogP contribution in [0.5, 0.6) is 0 Å². The van der Waals surface area contributed by atoms with Gasteiger partial charge in [0.05, 0.1) is 34.5 Å². The summed E-state index contributed by atoms with van der Waals surface area (Å²) in [5.41, 5.74) is 10.0. The minimum absolute atomic E-state index is 0.0520. The maximum Gasteiger partial charge on any atom is 0.0851 e. The lowest BCUT2D eigenvalue weighted by Gasteiger charge is -2.35. The zero-order valence-corrected chi connectivity index (χ0v) is 19.9. The SMILES string of the molecule is C1=C(C2CNC(c3ccccc3)=C(c3ccccc3)N2)NC(c2ccccc2)=C(c2ccccc2)N1. The van der Waals surface area contributed by atoms with Crippen molar-refractivity contribution in [2.24, 2.45) is 0 Å². The summed E-state index contributed by atoms with van der Waals surface area (Å²) in [5, 5.41) is 14.9. The van der Waals surface area contributed by atoms with Crippen LogP contribution in [0, 0.1) is 0 Å². The van der Waals surface area contributed by atoms with Crippen molar-refractivity contribution in [1.82, 2.24) is 21.3 Å². The molecule has 36 heavy (non-hydrogen) atoms. The Morgan fingerprint density at radius 2 is 0.917 bits per heavy atom. The second-order valence-corrected chi connectivity index (χ2v) is 8.91. The van der Waals surface area contributed by atoms with Gasteiger partial charge in [0.15, 0.2) is 0 Å². The second kappa shape index (κ2) is 9.88. The molecule has 4 nitrogen and oxygen atoms in total. The van der Waals surface area contributed by atoms with Crippen molar-refractivity contribution in [3.05, 3.63) is 155 Å². The highest BCUT2D eigenvalue weighted by molar-refractivity contribution is 5.92. The predicted molar refractivity (Wildman–Crippen MR) is 149 cm³/mol. The predicted octanol–water partition coefficient (Wildman–Crippen LogP) is 5.63. The summed E-state index contributed by atoms with van der Waals surface area (Å²) in [5.74, 6) is 0. The first-order valence-electron chi connectivity index (χ1n) is 12.3. The molecule has 0 aromatic heterocycles. The van der Waals surface area contributed by atoms with Gasteiger partial charge in [0, 0.05) is 23.9 Å².